The molecule has 1 N–H and O–H groups in total. The van der Waals surface area contributed by atoms with Gasteiger partial charge >= 0.3 is 0 Å². The first-order chi connectivity index (χ1) is 11.1. The molecule has 0 unspecified atom stereocenters. The molecular formula is C19H30N2O2. The summed E-state index contributed by atoms with van der Waals surface area (Å²) >= 11 is 0. The zero-order valence-corrected chi connectivity index (χ0v) is 14.7. The highest BCUT2D eigenvalue weighted by atomic mass is 16.5. The Kier molecular flexibility index (Phi) is 6.90. The van der Waals surface area contributed by atoms with Crippen molar-refractivity contribution < 1.29 is 9.53 Å². The molecule has 1 aliphatic rings. The molecule has 4 heteroatoms. The van der Waals surface area contributed by atoms with E-state index in [1.165, 1.54) is 0 Å². The average molecular weight is 318 g/mol. The van der Waals surface area contributed by atoms with E-state index in [2.05, 4.69) is 31.0 Å². The molecule has 0 spiro atoms. The van der Waals surface area contributed by atoms with E-state index in [0.29, 0.717) is 18.6 Å². The molecule has 0 aromatic heterocycles. The van der Waals surface area contributed by atoms with Crippen LogP contribution >= 0.6 is 0 Å². The van der Waals surface area contributed by atoms with Gasteiger partial charge in [-0.3, -0.25) is 4.79 Å². The zero-order valence-electron chi connectivity index (χ0n) is 14.7. The maximum atomic E-state index is 13.0. The lowest BCUT2D eigenvalue weighted by Gasteiger charge is -2.34. The number of nitrogens with one attached hydrogen (secondary N) is 1. The van der Waals surface area contributed by atoms with E-state index in [4.69, 9.17) is 4.74 Å². The lowest BCUT2D eigenvalue weighted by atomic mass is 10.0. The number of amides is 1. The van der Waals surface area contributed by atoms with Crippen LogP contribution in [0.25, 0.3) is 0 Å². The molecule has 23 heavy (non-hydrogen) atoms. The Morgan fingerprint density at radius 1 is 1.35 bits per heavy atom. The molecule has 0 radical (unpaired) electrons. The quantitative estimate of drug-likeness (QED) is 0.838. The number of carbonyl (C=O) groups is 1. The number of nitrogens with zero attached hydrogens (tertiary/aromatic N) is 1. The molecule has 128 valence electrons. The molecule has 1 aliphatic heterocycles. The Bertz CT molecular complexity index is 496. The second-order valence-electron chi connectivity index (χ2n) is 6.71. The van der Waals surface area contributed by atoms with Gasteiger partial charge in [0.25, 0.3) is 5.91 Å². The molecule has 0 aliphatic carbocycles. The maximum Gasteiger partial charge on any atom is 0.254 e. The number of carbonyl (C=O) groups excluding carboxylic acids is 1. The van der Waals surface area contributed by atoms with E-state index >= 15 is 0 Å². The monoisotopic (exact) mass is 318 g/mol. The van der Waals surface area contributed by atoms with Crippen LogP contribution in [0.15, 0.2) is 24.3 Å². The summed E-state index contributed by atoms with van der Waals surface area (Å²) in [6.45, 7) is 9.85. The number of piperidine rings is 1. The first-order valence-corrected chi connectivity index (χ1v) is 8.86. The summed E-state index contributed by atoms with van der Waals surface area (Å²) in [5.41, 5.74) is 0.734. The molecule has 1 saturated heterocycles. The highest BCUT2D eigenvalue weighted by molar-refractivity contribution is 5.94. The Labute approximate surface area is 140 Å². The lowest BCUT2D eigenvalue weighted by Crippen LogP contribution is -2.46. The van der Waals surface area contributed by atoms with Crippen molar-refractivity contribution >= 4 is 5.91 Å². The van der Waals surface area contributed by atoms with E-state index < -0.39 is 0 Å². The number of rotatable bonds is 7. The lowest BCUT2D eigenvalue weighted by molar-refractivity contribution is 0.0642. The number of benzene rings is 1. The summed E-state index contributed by atoms with van der Waals surface area (Å²) in [7, 11) is 0. The van der Waals surface area contributed by atoms with Gasteiger partial charge in [-0.2, -0.15) is 0 Å². The highest BCUT2D eigenvalue weighted by Crippen LogP contribution is 2.20. The molecule has 4 nitrogen and oxygen atoms in total. The first kappa shape index (κ1) is 17.8. The van der Waals surface area contributed by atoms with E-state index in [9.17, 15) is 4.79 Å². The minimum absolute atomic E-state index is 0.133. The second kappa shape index (κ2) is 8.92. The fourth-order valence-electron chi connectivity index (χ4n) is 2.96. The van der Waals surface area contributed by atoms with Gasteiger partial charge in [0.15, 0.2) is 0 Å². The number of ether oxygens (including phenoxy) is 1. The van der Waals surface area contributed by atoms with Crippen LogP contribution in [0.4, 0.5) is 0 Å². The summed E-state index contributed by atoms with van der Waals surface area (Å²) < 4.78 is 5.76. The van der Waals surface area contributed by atoms with Crippen LogP contribution in [-0.4, -0.2) is 43.1 Å². The van der Waals surface area contributed by atoms with Crippen LogP contribution in [0.5, 0.6) is 5.75 Å². The molecule has 0 saturated carbocycles. The topological polar surface area (TPSA) is 41.6 Å². The van der Waals surface area contributed by atoms with E-state index in [-0.39, 0.29) is 5.91 Å². The van der Waals surface area contributed by atoms with Crippen molar-refractivity contribution in [3.63, 3.8) is 0 Å². The van der Waals surface area contributed by atoms with Gasteiger partial charge < -0.3 is 15.0 Å². The standard InChI is InChI=1S/C19H30N2O2/c1-4-12-21(17-8-10-20-11-9-17)19(22)16-6-5-7-18(13-16)23-14-15(2)3/h5-7,13,15,17,20H,4,8-12,14H2,1-3H3. The third-order valence-corrected chi connectivity index (χ3v) is 4.14. The smallest absolute Gasteiger partial charge is 0.254 e. The van der Waals surface area contributed by atoms with Crippen LogP contribution in [-0.2, 0) is 0 Å². The Hall–Kier alpha value is -1.55. The summed E-state index contributed by atoms with van der Waals surface area (Å²) in [5, 5.41) is 3.37. The summed E-state index contributed by atoms with van der Waals surface area (Å²) in [4.78, 5) is 15.0. The van der Waals surface area contributed by atoms with Gasteiger partial charge in [0.2, 0.25) is 0 Å². The number of hydrogen-bond acceptors (Lipinski definition) is 3. The van der Waals surface area contributed by atoms with E-state index in [0.717, 1.165) is 50.2 Å². The van der Waals surface area contributed by atoms with Crippen LogP contribution in [0.3, 0.4) is 0 Å². The van der Waals surface area contributed by atoms with Gasteiger partial charge in [0.05, 0.1) is 6.61 Å². The largest absolute Gasteiger partial charge is 0.493 e. The van der Waals surface area contributed by atoms with Gasteiger partial charge in [-0.05, 0) is 56.5 Å². The third kappa shape index (κ3) is 5.24. The predicted octanol–water partition coefficient (Wildman–Crippen LogP) is 3.33. The summed E-state index contributed by atoms with van der Waals surface area (Å²) in [6.07, 6.45) is 3.06. The summed E-state index contributed by atoms with van der Waals surface area (Å²) in [5.74, 6) is 1.39. The molecule has 1 fully saturated rings. The molecule has 2 rings (SSSR count). The van der Waals surface area contributed by atoms with Crippen molar-refractivity contribution in [2.75, 3.05) is 26.2 Å². The molecular weight excluding hydrogens is 288 g/mol. The Balaban J connectivity index is 2.10. The molecule has 1 aromatic carbocycles. The van der Waals surface area contributed by atoms with Crippen molar-refractivity contribution in [1.82, 2.24) is 10.2 Å². The first-order valence-electron chi connectivity index (χ1n) is 8.86. The van der Waals surface area contributed by atoms with Gasteiger partial charge in [-0.25, -0.2) is 0 Å². The molecule has 1 heterocycles. The second-order valence-corrected chi connectivity index (χ2v) is 6.71. The Morgan fingerprint density at radius 2 is 2.09 bits per heavy atom. The maximum absolute atomic E-state index is 13.0. The van der Waals surface area contributed by atoms with Gasteiger partial charge in [0, 0.05) is 18.2 Å². The normalized spacial score (nSPS) is 15.7. The Morgan fingerprint density at radius 3 is 2.74 bits per heavy atom. The molecule has 1 amide bonds. The predicted molar refractivity (Wildman–Crippen MR) is 94.0 cm³/mol. The minimum Gasteiger partial charge on any atom is -0.493 e. The highest BCUT2D eigenvalue weighted by Gasteiger charge is 2.25. The zero-order chi connectivity index (χ0) is 16.7. The van der Waals surface area contributed by atoms with Crippen LogP contribution < -0.4 is 10.1 Å². The molecule has 0 bridgehead atoms. The van der Waals surface area contributed by atoms with Crippen molar-refractivity contribution in [3.8, 4) is 5.75 Å². The van der Waals surface area contributed by atoms with Crippen molar-refractivity contribution in [2.24, 2.45) is 5.92 Å². The van der Waals surface area contributed by atoms with Crippen LogP contribution in [0.1, 0.15) is 50.4 Å². The van der Waals surface area contributed by atoms with E-state index in [1.54, 1.807) is 0 Å². The summed E-state index contributed by atoms with van der Waals surface area (Å²) in [6, 6.07) is 7.97. The van der Waals surface area contributed by atoms with Crippen LogP contribution in [0.2, 0.25) is 0 Å². The fourth-order valence-corrected chi connectivity index (χ4v) is 2.96. The minimum atomic E-state index is 0.133. The molecule has 0 atom stereocenters. The van der Waals surface area contributed by atoms with E-state index in [1.807, 2.05) is 24.3 Å². The fraction of sp³-hybridized carbons (Fsp3) is 0.632. The van der Waals surface area contributed by atoms with Crippen LogP contribution in [0, 0.1) is 5.92 Å². The van der Waals surface area contributed by atoms with Gasteiger partial charge in [-0.1, -0.05) is 26.8 Å². The van der Waals surface area contributed by atoms with Gasteiger partial charge in [0.1, 0.15) is 5.75 Å². The van der Waals surface area contributed by atoms with Crippen molar-refractivity contribution in [3.05, 3.63) is 29.8 Å². The molecule has 1 aromatic rings. The van der Waals surface area contributed by atoms with Crippen molar-refractivity contribution in [1.29, 1.82) is 0 Å². The SMILES string of the molecule is CCCN(C(=O)c1cccc(OCC(C)C)c1)C1CCNCC1. The van der Waals surface area contributed by atoms with Crippen molar-refractivity contribution in [2.45, 2.75) is 46.1 Å². The number of hydrogen-bond donors (Lipinski definition) is 1. The average Bonchev–Trinajstić information content (AvgIpc) is 2.58. The van der Waals surface area contributed by atoms with Gasteiger partial charge in [-0.15, -0.1) is 0 Å². The third-order valence-electron chi connectivity index (χ3n) is 4.14.